The molecule has 27 heavy (non-hydrogen) atoms. The number of hydrogen-bond acceptors (Lipinski definition) is 6. The average Bonchev–Trinajstić information content (AvgIpc) is 3.08. The Balaban J connectivity index is 1.57. The summed E-state index contributed by atoms with van der Waals surface area (Å²) in [6.45, 7) is 3.08. The van der Waals surface area contributed by atoms with Crippen molar-refractivity contribution < 1.29 is 18.0 Å². The van der Waals surface area contributed by atoms with Gasteiger partial charge in [0.05, 0.1) is 12.3 Å². The molecule has 9 heteroatoms. The van der Waals surface area contributed by atoms with Gasteiger partial charge in [0.2, 0.25) is 10.0 Å². The fourth-order valence-corrected chi connectivity index (χ4v) is 5.15. The lowest BCUT2D eigenvalue weighted by molar-refractivity contribution is -0.115. The zero-order chi connectivity index (χ0) is 19.3. The lowest BCUT2D eigenvalue weighted by Crippen LogP contribution is -2.51. The molecule has 3 heterocycles. The zero-order valence-corrected chi connectivity index (χ0v) is 16.4. The van der Waals surface area contributed by atoms with E-state index in [0.29, 0.717) is 44.5 Å². The van der Waals surface area contributed by atoms with Gasteiger partial charge in [-0.1, -0.05) is 24.6 Å². The van der Waals surface area contributed by atoms with Gasteiger partial charge in [0.1, 0.15) is 5.71 Å². The van der Waals surface area contributed by atoms with Gasteiger partial charge in [-0.25, -0.2) is 8.42 Å². The zero-order valence-electron chi connectivity index (χ0n) is 15.6. The number of pyridine rings is 1. The number of unbranched alkanes of at least 4 members (excludes halogenated alkanes) is 1. The Kier molecular flexibility index (Phi) is 6.11. The van der Waals surface area contributed by atoms with Crippen LogP contribution in [0.15, 0.2) is 29.7 Å². The Morgan fingerprint density at radius 3 is 3.04 bits per heavy atom. The largest absolute Gasteiger partial charge is 0.387 e. The van der Waals surface area contributed by atoms with Gasteiger partial charge in [-0.3, -0.25) is 9.78 Å². The Morgan fingerprint density at radius 2 is 2.30 bits per heavy atom. The van der Waals surface area contributed by atoms with E-state index in [2.05, 4.69) is 15.5 Å². The van der Waals surface area contributed by atoms with Gasteiger partial charge in [-0.05, 0) is 30.9 Å². The van der Waals surface area contributed by atoms with E-state index >= 15 is 0 Å². The molecule has 148 valence electrons. The normalized spacial score (nSPS) is 23.1. The molecular formula is C18H26N4O4S. The standard InChI is InChI=1S/C18H26N4O4S/c1-2-3-10-27(24,25)22-9-5-7-18(14-22)11-16(21-26-18)17(23)20-13-15-6-4-8-19-12-15/h4,6,8,12H,2-3,5,7,9-11,13-14H2,1H3,(H,20,23). The summed E-state index contributed by atoms with van der Waals surface area (Å²) in [6, 6.07) is 3.68. The molecule has 1 spiro atoms. The maximum atomic E-state index is 12.5. The van der Waals surface area contributed by atoms with Crippen molar-refractivity contribution in [3.63, 3.8) is 0 Å². The number of sulfonamides is 1. The van der Waals surface area contributed by atoms with Crippen molar-refractivity contribution in [1.82, 2.24) is 14.6 Å². The minimum atomic E-state index is -3.30. The minimum absolute atomic E-state index is 0.152. The molecular weight excluding hydrogens is 368 g/mol. The number of piperidine rings is 1. The third-order valence-electron chi connectivity index (χ3n) is 4.93. The summed E-state index contributed by atoms with van der Waals surface area (Å²) in [6.07, 6.45) is 6.55. The third kappa shape index (κ3) is 4.84. The molecule has 0 bridgehead atoms. The second-order valence-electron chi connectivity index (χ2n) is 7.14. The van der Waals surface area contributed by atoms with Crippen molar-refractivity contribution in [3.8, 4) is 0 Å². The summed E-state index contributed by atoms with van der Waals surface area (Å²) in [5.74, 6) is -0.138. The number of amides is 1. The van der Waals surface area contributed by atoms with E-state index in [4.69, 9.17) is 4.84 Å². The van der Waals surface area contributed by atoms with E-state index in [-0.39, 0.29) is 18.2 Å². The van der Waals surface area contributed by atoms with Crippen LogP contribution in [0.2, 0.25) is 0 Å². The highest BCUT2D eigenvalue weighted by Crippen LogP contribution is 2.34. The van der Waals surface area contributed by atoms with Gasteiger partial charge in [-0.2, -0.15) is 4.31 Å². The molecule has 1 fully saturated rings. The highest BCUT2D eigenvalue weighted by atomic mass is 32.2. The van der Waals surface area contributed by atoms with Gasteiger partial charge < -0.3 is 10.2 Å². The molecule has 1 aromatic heterocycles. The average molecular weight is 394 g/mol. The number of hydrogen-bond donors (Lipinski definition) is 1. The molecule has 0 radical (unpaired) electrons. The maximum absolute atomic E-state index is 12.5. The summed E-state index contributed by atoms with van der Waals surface area (Å²) in [5, 5.41) is 6.78. The van der Waals surface area contributed by atoms with Crippen LogP contribution in [0.3, 0.4) is 0 Å². The summed E-state index contributed by atoms with van der Waals surface area (Å²) < 4.78 is 26.5. The van der Waals surface area contributed by atoms with Crippen molar-refractivity contribution in [2.75, 3.05) is 18.8 Å². The van der Waals surface area contributed by atoms with Crippen molar-refractivity contribution in [1.29, 1.82) is 0 Å². The lowest BCUT2D eigenvalue weighted by atomic mass is 9.89. The van der Waals surface area contributed by atoms with Crippen LogP contribution >= 0.6 is 0 Å². The van der Waals surface area contributed by atoms with Gasteiger partial charge in [0, 0.05) is 31.9 Å². The van der Waals surface area contributed by atoms with Gasteiger partial charge >= 0.3 is 0 Å². The summed E-state index contributed by atoms with van der Waals surface area (Å²) in [5.41, 5.74) is 0.482. The molecule has 0 aromatic carbocycles. The number of oxime groups is 1. The number of rotatable bonds is 7. The van der Waals surface area contributed by atoms with Crippen LogP contribution in [0.1, 0.15) is 44.6 Å². The van der Waals surface area contributed by atoms with E-state index in [1.54, 1.807) is 12.4 Å². The highest BCUT2D eigenvalue weighted by molar-refractivity contribution is 7.89. The first-order valence-corrected chi connectivity index (χ1v) is 10.9. The predicted octanol–water partition coefficient (Wildman–Crippen LogP) is 1.44. The van der Waals surface area contributed by atoms with Crippen molar-refractivity contribution >= 4 is 21.6 Å². The Labute approximate surface area is 160 Å². The van der Waals surface area contributed by atoms with Crippen molar-refractivity contribution in [3.05, 3.63) is 30.1 Å². The number of carbonyl (C=O) groups excluding carboxylic acids is 1. The maximum Gasteiger partial charge on any atom is 0.269 e. The molecule has 2 aliphatic heterocycles. The summed E-state index contributed by atoms with van der Waals surface area (Å²) in [4.78, 5) is 22.0. The van der Waals surface area contributed by atoms with E-state index < -0.39 is 15.6 Å². The minimum Gasteiger partial charge on any atom is -0.387 e. The predicted molar refractivity (Wildman–Crippen MR) is 101 cm³/mol. The quantitative estimate of drug-likeness (QED) is 0.754. The summed E-state index contributed by atoms with van der Waals surface area (Å²) >= 11 is 0. The van der Waals surface area contributed by atoms with E-state index in [9.17, 15) is 13.2 Å². The fraction of sp³-hybridized carbons (Fsp3) is 0.611. The monoisotopic (exact) mass is 394 g/mol. The van der Waals surface area contributed by atoms with Crippen LogP contribution in [0, 0.1) is 0 Å². The van der Waals surface area contributed by atoms with E-state index in [1.807, 2.05) is 19.1 Å². The third-order valence-corrected chi connectivity index (χ3v) is 6.83. The number of carbonyl (C=O) groups is 1. The van der Waals surface area contributed by atoms with E-state index in [1.165, 1.54) is 4.31 Å². The molecule has 1 N–H and O–H groups in total. The van der Waals surface area contributed by atoms with Crippen LogP contribution in [0.25, 0.3) is 0 Å². The first-order chi connectivity index (χ1) is 12.9. The Bertz CT molecular complexity index is 797. The van der Waals surface area contributed by atoms with Crippen LogP contribution in [0.4, 0.5) is 0 Å². The van der Waals surface area contributed by atoms with Crippen molar-refractivity contribution in [2.45, 2.75) is 51.2 Å². The second kappa shape index (κ2) is 8.35. The van der Waals surface area contributed by atoms with Gasteiger partial charge in [0.25, 0.3) is 5.91 Å². The topological polar surface area (TPSA) is 101 Å². The van der Waals surface area contributed by atoms with Gasteiger partial charge in [-0.15, -0.1) is 0 Å². The highest BCUT2D eigenvalue weighted by Gasteiger charge is 2.46. The van der Waals surface area contributed by atoms with Crippen LogP contribution in [-0.4, -0.2) is 53.8 Å². The molecule has 0 saturated carbocycles. The van der Waals surface area contributed by atoms with E-state index in [0.717, 1.165) is 12.0 Å². The van der Waals surface area contributed by atoms with Crippen LogP contribution in [0.5, 0.6) is 0 Å². The SMILES string of the molecule is CCCCS(=O)(=O)N1CCCC2(CC(C(=O)NCc3cccnc3)=NO2)C1. The molecule has 1 amide bonds. The molecule has 2 aliphatic rings. The van der Waals surface area contributed by atoms with Crippen LogP contribution in [-0.2, 0) is 26.2 Å². The molecule has 8 nitrogen and oxygen atoms in total. The summed E-state index contributed by atoms with van der Waals surface area (Å²) in [7, 11) is -3.30. The Hall–Kier alpha value is -2.00. The Morgan fingerprint density at radius 1 is 1.44 bits per heavy atom. The molecule has 3 rings (SSSR count). The lowest BCUT2D eigenvalue weighted by Gasteiger charge is -2.37. The van der Waals surface area contributed by atoms with Crippen molar-refractivity contribution in [2.24, 2.45) is 5.16 Å². The van der Waals surface area contributed by atoms with Crippen LogP contribution < -0.4 is 5.32 Å². The second-order valence-corrected chi connectivity index (χ2v) is 9.23. The molecule has 1 saturated heterocycles. The first-order valence-electron chi connectivity index (χ1n) is 9.34. The smallest absolute Gasteiger partial charge is 0.269 e. The molecule has 0 aliphatic carbocycles. The number of nitrogens with one attached hydrogen (secondary N) is 1. The fourth-order valence-electron chi connectivity index (χ4n) is 3.40. The molecule has 1 unspecified atom stereocenters. The number of aromatic nitrogens is 1. The van der Waals surface area contributed by atoms with Gasteiger partial charge in [0.15, 0.2) is 5.60 Å². The number of nitrogens with zero attached hydrogens (tertiary/aromatic N) is 3. The first kappa shape index (κ1) is 19.8. The molecule has 1 atom stereocenters. The molecule has 1 aromatic rings.